The Labute approximate surface area is 69.0 Å². The summed E-state index contributed by atoms with van der Waals surface area (Å²) in [5, 5.41) is 16.3. The lowest BCUT2D eigenvalue weighted by molar-refractivity contribution is 0.0948. The third kappa shape index (κ3) is 0.937. The van der Waals surface area contributed by atoms with E-state index in [1.54, 1.807) is 4.68 Å². The predicted molar refractivity (Wildman–Crippen MR) is 39.5 cm³/mol. The first-order chi connectivity index (χ1) is 5.83. The van der Waals surface area contributed by atoms with Gasteiger partial charge in [0.05, 0.1) is 6.61 Å². The van der Waals surface area contributed by atoms with E-state index in [1.165, 1.54) is 0 Å². The standard InChI is InChI=1S/C7H9N3O2/c11-4-5-7-6(12)2-1-3-10(7)9-8-5/h11H,1-4H2. The summed E-state index contributed by atoms with van der Waals surface area (Å²) in [7, 11) is 0. The van der Waals surface area contributed by atoms with Gasteiger partial charge in [-0.2, -0.15) is 0 Å². The van der Waals surface area contributed by atoms with Gasteiger partial charge in [0.1, 0.15) is 11.4 Å². The van der Waals surface area contributed by atoms with Crippen molar-refractivity contribution in [2.45, 2.75) is 26.0 Å². The van der Waals surface area contributed by atoms with Crippen molar-refractivity contribution in [3.05, 3.63) is 11.4 Å². The Bertz CT molecular complexity index is 305. The van der Waals surface area contributed by atoms with Crippen molar-refractivity contribution in [1.82, 2.24) is 15.0 Å². The molecule has 5 nitrogen and oxygen atoms in total. The highest BCUT2D eigenvalue weighted by Gasteiger charge is 2.22. The molecule has 5 heteroatoms. The van der Waals surface area contributed by atoms with Crippen LogP contribution in [-0.4, -0.2) is 25.9 Å². The molecule has 2 heterocycles. The maximum absolute atomic E-state index is 11.3. The number of rotatable bonds is 1. The molecule has 1 aromatic heterocycles. The van der Waals surface area contributed by atoms with Crippen LogP contribution in [0.15, 0.2) is 0 Å². The van der Waals surface area contributed by atoms with Crippen LogP contribution in [0.1, 0.15) is 29.0 Å². The molecule has 1 aromatic rings. The van der Waals surface area contributed by atoms with Crippen LogP contribution in [-0.2, 0) is 13.2 Å². The van der Waals surface area contributed by atoms with E-state index in [0.29, 0.717) is 17.8 Å². The van der Waals surface area contributed by atoms with Crippen LogP contribution in [0.25, 0.3) is 0 Å². The molecule has 0 radical (unpaired) electrons. The van der Waals surface area contributed by atoms with Gasteiger partial charge in [0.25, 0.3) is 0 Å². The average Bonchev–Trinajstić information content (AvgIpc) is 2.49. The average molecular weight is 167 g/mol. The van der Waals surface area contributed by atoms with Crippen molar-refractivity contribution >= 4 is 5.78 Å². The molecule has 0 fully saturated rings. The lowest BCUT2D eigenvalue weighted by atomic mass is 10.1. The van der Waals surface area contributed by atoms with Crippen LogP contribution in [0.4, 0.5) is 0 Å². The van der Waals surface area contributed by atoms with Gasteiger partial charge in [0, 0.05) is 13.0 Å². The largest absolute Gasteiger partial charge is 0.390 e. The molecule has 0 unspecified atom stereocenters. The third-order valence-electron chi connectivity index (χ3n) is 1.99. The van der Waals surface area contributed by atoms with E-state index in [9.17, 15) is 4.79 Å². The molecule has 12 heavy (non-hydrogen) atoms. The van der Waals surface area contributed by atoms with Crippen molar-refractivity contribution < 1.29 is 9.90 Å². The highest BCUT2D eigenvalue weighted by atomic mass is 16.3. The number of nitrogens with zero attached hydrogens (tertiary/aromatic N) is 3. The van der Waals surface area contributed by atoms with Crippen LogP contribution < -0.4 is 0 Å². The molecule has 2 rings (SSSR count). The number of aliphatic hydroxyl groups excluding tert-OH is 1. The van der Waals surface area contributed by atoms with Crippen molar-refractivity contribution in [1.29, 1.82) is 0 Å². The van der Waals surface area contributed by atoms with Crippen molar-refractivity contribution in [2.24, 2.45) is 0 Å². The summed E-state index contributed by atoms with van der Waals surface area (Å²) in [6.07, 6.45) is 1.36. The zero-order valence-electron chi connectivity index (χ0n) is 6.53. The summed E-state index contributed by atoms with van der Waals surface area (Å²) in [4.78, 5) is 11.3. The quantitative estimate of drug-likeness (QED) is 0.626. The minimum Gasteiger partial charge on any atom is -0.390 e. The van der Waals surface area contributed by atoms with E-state index in [-0.39, 0.29) is 12.4 Å². The molecule has 1 N–H and O–H groups in total. The number of aryl methyl sites for hydroxylation is 1. The number of carbonyl (C=O) groups is 1. The minimum atomic E-state index is -0.207. The summed E-state index contributed by atoms with van der Waals surface area (Å²) < 4.78 is 1.57. The second-order valence-electron chi connectivity index (χ2n) is 2.79. The molecule has 0 saturated heterocycles. The van der Waals surface area contributed by atoms with Gasteiger partial charge in [-0.3, -0.25) is 4.79 Å². The van der Waals surface area contributed by atoms with Gasteiger partial charge in [-0.25, -0.2) is 4.68 Å². The normalized spacial score (nSPS) is 16.2. The Morgan fingerprint density at radius 3 is 3.17 bits per heavy atom. The van der Waals surface area contributed by atoms with E-state index in [1.807, 2.05) is 0 Å². The van der Waals surface area contributed by atoms with Gasteiger partial charge in [0.15, 0.2) is 5.78 Å². The molecule has 64 valence electrons. The van der Waals surface area contributed by atoms with Gasteiger partial charge in [0.2, 0.25) is 0 Å². The fourth-order valence-corrected chi connectivity index (χ4v) is 1.42. The Kier molecular flexibility index (Phi) is 1.65. The van der Waals surface area contributed by atoms with E-state index in [4.69, 9.17) is 5.11 Å². The molecule has 0 saturated carbocycles. The Morgan fingerprint density at radius 2 is 2.42 bits per heavy atom. The SMILES string of the molecule is O=C1CCCn2nnc(CO)c21. The fraction of sp³-hybridized carbons (Fsp3) is 0.571. The molecule has 0 aromatic carbocycles. The molecule has 0 aliphatic carbocycles. The smallest absolute Gasteiger partial charge is 0.182 e. The van der Waals surface area contributed by atoms with Crippen LogP contribution in [0.5, 0.6) is 0 Å². The highest BCUT2D eigenvalue weighted by molar-refractivity contribution is 5.95. The summed E-state index contributed by atoms with van der Waals surface area (Å²) in [5.41, 5.74) is 0.892. The van der Waals surface area contributed by atoms with Gasteiger partial charge in [-0.05, 0) is 6.42 Å². The predicted octanol–water partition coefficient (Wildman–Crippen LogP) is -0.253. The molecule has 0 spiro atoms. The monoisotopic (exact) mass is 167 g/mol. The van der Waals surface area contributed by atoms with E-state index in [2.05, 4.69) is 10.3 Å². The molecule has 0 bridgehead atoms. The van der Waals surface area contributed by atoms with E-state index < -0.39 is 0 Å². The Hall–Kier alpha value is -1.23. The molecular formula is C7H9N3O2. The second-order valence-corrected chi connectivity index (χ2v) is 2.79. The van der Waals surface area contributed by atoms with Crippen molar-refractivity contribution in [3.8, 4) is 0 Å². The molecule has 0 atom stereocenters. The molecular weight excluding hydrogens is 158 g/mol. The van der Waals surface area contributed by atoms with Gasteiger partial charge >= 0.3 is 0 Å². The Morgan fingerprint density at radius 1 is 1.58 bits per heavy atom. The zero-order chi connectivity index (χ0) is 8.55. The summed E-state index contributed by atoms with van der Waals surface area (Å²) in [6.45, 7) is 0.523. The maximum Gasteiger partial charge on any atom is 0.182 e. The number of fused-ring (bicyclic) bond motifs is 1. The summed E-state index contributed by atoms with van der Waals surface area (Å²) in [6, 6.07) is 0. The zero-order valence-corrected chi connectivity index (χ0v) is 6.53. The first kappa shape index (κ1) is 7.42. The summed E-state index contributed by atoms with van der Waals surface area (Å²) in [5.74, 6) is 0.0373. The number of aromatic nitrogens is 3. The first-order valence-electron chi connectivity index (χ1n) is 3.89. The molecule has 1 aliphatic rings. The van der Waals surface area contributed by atoms with Crippen molar-refractivity contribution in [2.75, 3.05) is 0 Å². The number of hydrogen-bond acceptors (Lipinski definition) is 4. The van der Waals surface area contributed by atoms with Crippen molar-refractivity contribution in [3.63, 3.8) is 0 Å². The van der Waals surface area contributed by atoms with Gasteiger partial charge in [-0.15, -0.1) is 5.10 Å². The first-order valence-corrected chi connectivity index (χ1v) is 3.89. The van der Waals surface area contributed by atoms with Crippen LogP contribution in [0.3, 0.4) is 0 Å². The third-order valence-corrected chi connectivity index (χ3v) is 1.99. The molecule has 1 aliphatic heterocycles. The van der Waals surface area contributed by atoms with Gasteiger partial charge in [-0.1, -0.05) is 5.21 Å². The van der Waals surface area contributed by atoms with E-state index in [0.717, 1.165) is 13.0 Å². The lowest BCUT2D eigenvalue weighted by Crippen LogP contribution is -2.18. The highest BCUT2D eigenvalue weighted by Crippen LogP contribution is 2.15. The van der Waals surface area contributed by atoms with Crippen LogP contribution in [0.2, 0.25) is 0 Å². The number of Topliss-reactive ketones (excluding diaryl/α,β-unsaturated/α-hetero) is 1. The minimum absolute atomic E-state index is 0.0373. The number of ketones is 1. The second kappa shape index (κ2) is 2.67. The number of hydrogen-bond donors (Lipinski definition) is 1. The summed E-state index contributed by atoms with van der Waals surface area (Å²) >= 11 is 0. The lowest BCUT2D eigenvalue weighted by Gasteiger charge is -2.10. The number of carbonyl (C=O) groups excluding carboxylic acids is 1. The number of aliphatic hydroxyl groups is 1. The maximum atomic E-state index is 11.3. The molecule has 0 amide bonds. The van der Waals surface area contributed by atoms with Crippen LogP contribution >= 0.6 is 0 Å². The fourth-order valence-electron chi connectivity index (χ4n) is 1.42. The van der Waals surface area contributed by atoms with Gasteiger partial charge < -0.3 is 5.11 Å². The topological polar surface area (TPSA) is 68.0 Å². The Balaban J connectivity index is 2.50. The van der Waals surface area contributed by atoms with Crippen LogP contribution in [0, 0.1) is 0 Å². The van der Waals surface area contributed by atoms with E-state index >= 15 is 0 Å².